The average molecular weight is 830 g/mol. The summed E-state index contributed by atoms with van der Waals surface area (Å²) in [5.41, 5.74) is 13.4. The number of aliphatic hydroxyl groups is 1. The van der Waals surface area contributed by atoms with Crippen molar-refractivity contribution in [3.05, 3.63) is 59.1 Å². The predicted molar refractivity (Wildman–Crippen MR) is 219 cm³/mol. The van der Waals surface area contributed by atoms with Crippen LogP contribution in [0.5, 0.6) is 0 Å². The zero-order valence-corrected chi connectivity index (χ0v) is 34.5. The van der Waals surface area contributed by atoms with E-state index >= 15 is 0 Å². The monoisotopic (exact) mass is 829 g/mol. The third-order valence-corrected chi connectivity index (χ3v) is 9.89. The highest BCUT2D eigenvalue weighted by molar-refractivity contribution is 6.30. The number of Topliss-reactive ketones (excluding diaryl/α,β-unsaturated/α-hetero) is 1. The van der Waals surface area contributed by atoms with Crippen molar-refractivity contribution in [1.82, 2.24) is 26.6 Å². The molecule has 0 bridgehead atoms. The lowest BCUT2D eigenvalue weighted by atomic mass is 10.0. The molecular formula is C41H60ClN7O9. The molecular weight excluding hydrogens is 770 g/mol. The standard InChI is InChI=1S/C41H60ClN7O9/c1-5-6-22-57-23-19-33-36(58-33)35(51)24(2)45-39(54)31(9-7-8-20-43)47-37(52)25(3)46-41(56)34(26(4)50)49-40(55)32(18-21-44)48-38(53)29-12-10-27(11-13-29)28-14-16-30(42)17-15-28/h10-17,24-26,31-34,36,50H,5-9,18-23,43-44H2,1-4H3,(H,45,54)(H,46,56)(H,47,52)(H,48,53)(H,49,55)/t24-,25-,26+,31-,32-,33?,34-,36?/m0/s1. The number of carbonyl (C=O) groups is 6. The summed E-state index contributed by atoms with van der Waals surface area (Å²) in [6.07, 6.45) is 1.51. The molecule has 1 aliphatic rings. The maximum Gasteiger partial charge on any atom is 0.251 e. The Hall–Kier alpha value is -4.45. The van der Waals surface area contributed by atoms with Crippen molar-refractivity contribution in [3.63, 3.8) is 0 Å². The second-order valence-electron chi connectivity index (χ2n) is 14.5. The van der Waals surface area contributed by atoms with Crippen LogP contribution in [0.2, 0.25) is 5.02 Å². The van der Waals surface area contributed by atoms with Crippen LogP contribution in [0.15, 0.2) is 48.5 Å². The summed E-state index contributed by atoms with van der Waals surface area (Å²) in [4.78, 5) is 79.5. The van der Waals surface area contributed by atoms with Crippen LogP contribution in [0.3, 0.4) is 0 Å². The summed E-state index contributed by atoms with van der Waals surface area (Å²) >= 11 is 5.98. The molecule has 1 aliphatic heterocycles. The number of halogens is 1. The first-order chi connectivity index (χ1) is 27.7. The summed E-state index contributed by atoms with van der Waals surface area (Å²) < 4.78 is 11.1. The molecule has 1 fully saturated rings. The van der Waals surface area contributed by atoms with Gasteiger partial charge in [-0.15, -0.1) is 0 Å². The van der Waals surface area contributed by atoms with E-state index in [9.17, 15) is 33.9 Å². The Morgan fingerprint density at radius 1 is 0.724 bits per heavy atom. The predicted octanol–water partition coefficient (Wildman–Crippen LogP) is 1.49. The SMILES string of the molecule is CCCCOCCC1OC1C(=O)[C@H](C)NC(=O)[C@H](CCCCN)NC(=O)[C@H](C)NC(=O)[C@@H](NC(=O)[C@H](CCN)NC(=O)c1ccc(-c2ccc(Cl)cc2)cc1)[C@@H](C)O. The third-order valence-electron chi connectivity index (χ3n) is 9.63. The number of unbranched alkanes of at least 4 members (excludes halogenated alkanes) is 2. The fourth-order valence-electron chi connectivity index (χ4n) is 6.01. The number of hydrogen-bond donors (Lipinski definition) is 8. The van der Waals surface area contributed by atoms with Gasteiger partial charge in [0.1, 0.15) is 30.3 Å². The van der Waals surface area contributed by atoms with Gasteiger partial charge in [0.05, 0.1) is 18.2 Å². The largest absolute Gasteiger partial charge is 0.391 e. The quantitative estimate of drug-likeness (QED) is 0.0498. The van der Waals surface area contributed by atoms with Crippen molar-refractivity contribution in [2.75, 3.05) is 26.3 Å². The maximum absolute atomic E-state index is 13.4. The van der Waals surface area contributed by atoms with Crippen molar-refractivity contribution in [2.45, 2.75) is 121 Å². The second kappa shape index (κ2) is 24.5. The highest BCUT2D eigenvalue weighted by Crippen LogP contribution is 2.27. The van der Waals surface area contributed by atoms with E-state index in [0.29, 0.717) is 44.0 Å². The smallest absolute Gasteiger partial charge is 0.251 e. The Bertz CT molecular complexity index is 1660. The summed E-state index contributed by atoms with van der Waals surface area (Å²) in [6.45, 7) is 7.78. The van der Waals surface area contributed by atoms with E-state index < -0.39 is 72.0 Å². The highest BCUT2D eigenvalue weighted by atomic mass is 35.5. The van der Waals surface area contributed by atoms with E-state index in [1.54, 1.807) is 43.3 Å². The molecule has 17 heteroatoms. The van der Waals surface area contributed by atoms with E-state index in [2.05, 4.69) is 33.5 Å². The van der Waals surface area contributed by atoms with Gasteiger partial charge in [0, 0.05) is 23.8 Å². The average Bonchev–Trinajstić information content (AvgIpc) is 3.98. The molecule has 3 rings (SSSR count). The molecule has 1 heterocycles. The third kappa shape index (κ3) is 15.4. The number of epoxide rings is 1. The van der Waals surface area contributed by atoms with E-state index in [1.807, 2.05) is 12.1 Å². The van der Waals surface area contributed by atoms with Gasteiger partial charge in [-0.3, -0.25) is 28.8 Å². The Balaban J connectivity index is 1.57. The van der Waals surface area contributed by atoms with Crippen molar-refractivity contribution >= 4 is 46.9 Å². The van der Waals surface area contributed by atoms with Crippen LogP contribution in [0.25, 0.3) is 11.1 Å². The Labute approximate surface area is 345 Å². The highest BCUT2D eigenvalue weighted by Gasteiger charge is 2.46. The second-order valence-corrected chi connectivity index (χ2v) is 14.9. The minimum Gasteiger partial charge on any atom is -0.391 e. The van der Waals surface area contributed by atoms with Gasteiger partial charge in [0.15, 0.2) is 5.78 Å². The first-order valence-corrected chi connectivity index (χ1v) is 20.3. The normalized spacial score (nSPS) is 17.7. The molecule has 16 nitrogen and oxygen atoms in total. The number of amides is 5. The van der Waals surface area contributed by atoms with Crippen molar-refractivity contribution < 1.29 is 43.3 Å². The number of rotatable bonds is 26. The zero-order valence-electron chi connectivity index (χ0n) is 33.8. The fraction of sp³-hybridized carbons (Fsp3) is 0.561. The zero-order chi connectivity index (χ0) is 42.8. The molecule has 1 saturated heterocycles. The molecule has 2 aromatic rings. The van der Waals surface area contributed by atoms with Gasteiger partial charge in [0.2, 0.25) is 23.6 Å². The van der Waals surface area contributed by atoms with Crippen LogP contribution in [-0.2, 0) is 33.4 Å². The molecule has 0 saturated carbocycles. The molecule has 0 aromatic heterocycles. The van der Waals surface area contributed by atoms with Crippen LogP contribution < -0.4 is 38.1 Å². The molecule has 10 N–H and O–H groups in total. The minimum absolute atomic E-state index is 0.0209. The van der Waals surface area contributed by atoms with Gasteiger partial charge in [-0.25, -0.2) is 0 Å². The number of ether oxygens (including phenoxy) is 2. The Morgan fingerprint density at radius 3 is 1.93 bits per heavy atom. The van der Waals surface area contributed by atoms with Crippen molar-refractivity contribution in [1.29, 1.82) is 0 Å². The Morgan fingerprint density at radius 2 is 1.33 bits per heavy atom. The molecule has 58 heavy (non-hydrogen) atoms. The van der Waals surface area contributed by atoms with Crippen molar-refractivity contribution in [3.8, 4) is 11.1 Å². The van der Waals surface area contributed by atoms with Gasteiger partial charge in [-0.2, -0.15) is 0 Å². The van der Waals surface area contributed by atoms with Crippen LogP contribution in [0.4, 0.5) is 0 Å². The number of benzene rings is 2. The van der Waals surface area contributed by atoms with Gasteiger partial charge in [-0.05, 0) is 108 Å². The number of nitrogens with two attached hydrogens (primary N) is 2. The maximum atomic E-state index is 13.4. The number of ketones is 1. The van der Waals surface area contributed by atoms with E-state index in [1.165, 1.54) is 13.8 Å². The summed E-state index contributed by atoms with van der Waals surface area (Å²) in [7, 11) is 0. The van der Waals surface area contributed by atoms with Crippen LogP contribution in [0.1, 0.15) is 83.0 Å². The molecule has 0 spiro atoms. The number of hydrogen-bond acceptors (Lipinski definition) is 11. The van der Waals surface area contributed by atoms with Crippen LogP contribution in [-0.4, -0.2) is 115 Å². The summed E-state index contributed by atoms with van der Waals surface area (Å²) in [6, 6.07) is 8.08. The first-order valence-electron chi connectivity index (χ1n) is 19.9. The van der Waals surface area contributed by atoms with Crippen LogP contribution in [0, 0.1) is 0 Å². The van der Waals surface area contributed by atoms with E-state index in [4.69, 9.17) is 32.5 Å². The lowest BCUT2D eigenvalue weighted by molar-refractivity contribution is -0.135. The molecule has 320 valence electrons. The van der Waals surface area contributed by atoms with Gasteiger partial charge < -0.3 is 52.6 Å². The summed E-state index contributed by atoms with van der Waals surface area (Å²) in [5, 5.41) is 24.0. The molecule has 8 atom stereocenters. The molecule has 5 amide bonds. The first kappa shape index (κ1) is 47.9. The van der Waals surface area contributed by atoms with E-state index in [0.717, 1.165) is 24.0 Å². The number of carbonyl (C=O) groups excluding carboxylic acids is 6. The lowest BCUT2D eigenvalue weighted by Gasteiger charge is -2.26. The topological polar surface area (TPSA) is 257 Å². The fourth-order valence-corrected chi connectivity index (χ4v) is 6.14. The molecule has 0 aliphatic carbocycles. The van der Waals surface area contributed by atoms with Crippen LogP contribution >= 0.6 is 11.6 Å². The van der Waals surface area contributed by atoms with Gasteiger partial charge >= 0.3 is 0 Å². The minimum atomic E-state index is -1.52. The van der Waals surface area contributed by atoms with Gasteiger partial charge in [0.25, 0.3) is 5.91 Å². The number of aliphatic hydroxyl groups excluding tert-OH is 1. The van der Waals surface area contributed by atoms with E-state index in [-0.39, 0.29) is 36.8 Å². The summed E-state index contributed by atoms with van der Waals surface area (Å²) in [5.74, 6) is -3.83. The molecule has 2 unspecified atom stereocenters. The van der Waals surface area contributed by atoms with Gasteiger partial charge in [-0.1, -0.05) is 49.2 Å². The Kier molecular flexibility index (Phi) is 20.2. The molecule has 0 radical (unpaired) electrons. The lowest BCUT2D eigenvalue weighted by Crippen LogP contribution is -2.60. The molecule has 2 aromatic carbocycles. The number of nitrogens with one attached hydrogen (secondary N) is 5. The van der Waals surface area contributed by atoms with Crippen molar-refractivity contribution in [2.24, 2.45) is 11.5 Å².